The number of carbonyl (C=O) groups is 2. The third-order valence-electron chi connectivity index (χ3n) is 3.69. The Hall–Kier alpha value is -1.92. The second kappa shape index (κ2) is 8.51. The Bertz CT molecular complexity index is 485. The highest BCUT2D eigenvalue weighted by molar-refractivity contribution is 5.78. The van der Waals surface area contributed by atoms with Crippen molar-refractivity contribution in [1.29, 1.82) is 0 Å². The van der Waals surface area contributed by atoms with Crippen LogP contribution in [0.3, 0.4) is 0 Å². The zero-order valence-electron chi connectivity index (χ0n) is 13.0. The maximum atomic E-state index is 11.9. The molecular formula is C16H23N3O3. The molecule has 22 heavy (non-hydrogen) atoms. The molecule has 1 aliphatic heterocycles. The summed E-state index contributed by atoms with van der Waals surface area (Å²) in [6.07, 6.45) is 0. The van der Waals surface area contributed by atoms with Crippen LogP contribution >= 0.6 is 0 Å². The summed E-state index contributed by atoms with van der Waals surface area (Å²) in [6, 6.07) is 9.84. The molecule has 0 radical (unpaired) electrons. The van der Waals surface area contributed by atoms with Crippen molar-refractivity contribution in [2.75, 3.05) is 46.4 Å². The van der Waals surface area contributed by atoms with Crippen LogP contribution in [-0.2, 0) is 20.9 Å². The first kappa shape index (κ1) is 16.5. The van der Waals surface area contributed by atoms with Gasteiger partial charge < -0.3 is 15.0 Å². The van der Waals surface area contributed by atoms with Crippen molar-refractivity contribution in [2.24, 2.45) is 0 Å². The van der Waals surface area contributed by atoms with E-state index >= 15 is 0 Å². The topological polar surface area (TPSA) is 61.9 Å². The Balaban J connectivity index is 1.67. The van der Waals surface area contributed by atoms with Crippen LogP contribution in [0.25, 0.3) is 0 Å². The lowest BCUT2D eigenvalue weighted by atomic mass is 10.2. The third-order valence-corrected chi connectivity index (χ3v) is 3.69. The maximum absolute atomic E-state index is 11.9. The average Bonchev–Trinajstić information content (AvgIpc) is 2.55. The number of amides is 2. The molecule has 0 aromatic heterocycles. The highest BCUT2D eigenvalue weighted by atomic mass is 16.5. The predicted octanol–water partition coefficient (Wildman–Crippen LogP) is 0.0934. The van der Waals surface area contributed by atoms with Crippen molar-refractivity contribution in [3.63, 3.8) is 0 Å². The van der Waals surface area contributed by atoms with Crippen LogP contribution in [0.1, 0.15) is 5.56 Å². The van der Waals surface area contributed by atoms with Crippen LogP contribution in [0.4, 0.5) is 0 Å². The number of hydrogen-bond acceptors (Lipinski definition) is 4. The van der Waals surface area contributed by atoms with Gasteiger partial charge in [-0.05, 0) is 5.56 Å². The minimum Gasteiger partial charge on any atom is -0.375 e. The van der Waals surface area contributed by atoms with Gasteiger partial charge in [0.1, 0.15) is 6.61 Å². The van der Waals surface area contributed by atoms with E-state index in [9.17, 15) is 9.59 Å². The van der Waals surface area contributed by atoms with E-state index in [0.717, 1.165) is 5.56 Å². The second-order valence-corrected chi connectivity index (χ2v) is 5.35. The van der Waals surface area contributed by atoms with E-state index in [-0.39, 0.29) is 18.4 Å². The summed E-state index contributed by atoms with van der Waals surface area (Å²) in [4.78, 5) is 27.5. The van der Waals surface area contributed by atoms with Gasteiger partial charge in [0.25, 0.3) is 0 Å². The third kappa shape index (κ3) is 5.13. The van der Waals surface area contributed by atoms with Crippen molar-refractivity contribution in [2.45, 2.75) is 6.54 Å². The van der Waals surface area contributed by atoms with Gasteiger partial charge in [0.15, 0.2) is 0 Å². The van der Waals surface area contributed by atoms with E-state index in [1.165, 1.54) is 7.11 Å². The van der Waals surface area contributed by atoms with Crippen LogP contribution in [0.5, 0.6) is 0 Å². The molecule has 1 heterocycles. The number of benzene rings is 1. The molecule has 6 nitrogen and oxygen atoms in total. The van der Waals surface area contributed by atoms with Gasteiger partial charge in [-0.25, -0.2) is 0 Å². The Morgan fingerprint density at radius 3 is 2.45 bits per heavy atom. The Morgan fingerprint density at radius 2 is 1.82 bits per heavy atom. The highest BCUT2D eigenvalue weighted by Crippen LogP contribution is 2.02. The summed E-state index contributed by atoms with van der Waals surface area (Å²) in [5, 5.41) is 2.92. The molecule has 0 aliphatic carbocycles. The van der Waals surface area contributed by atoms with Crippen molar-refractivity contribution in [1.82, 2.24) is 15.1 Å². The zero-order chi connectivity index (χ0) is 15.8. The summed E-state index contributed by atoms with van der Waals surface area (Å²) >= 11 is 0. The zero-order valence-corrected chi connectivity index (χ0v) is 13.0. The van der Waals surface area contributed by atoms with Gasteiger partial charge in [-0.3, -0.25) is 14.5 Å². The van der Waals surface area contributed by atoms with Gasteiger partial charge >= 0.3 is 0 Å². The van der Waals surface area contributed by atoms with E-state index in [2.05, 4.69) is 10.2 Å². The van der Waals surface area contributed by atoms with Gasteiger partial charge in [0.2, 0.25) is 11.8 Å². The van der Waals surface area contributed by atoms with Gasteiger partial charge in [0, 0.05) is 39.8 Å². The minimum absolute atomic E-state index is 0.00989. The molecule has 1 aliphatic rings. The number of rotatable bonds is 6. The van der Waals surface area contributed by atoms with Crippen molar-refractivity contribution in [3.8, 4) is 0 Å². The molecular weight excluding hydrogens is 282 g/mol. The van der Waals surface area contributed by atoms with Gasteiger partial charge in [0.05, 0.1) is 6.54 Å². The lowest BCUT2D eigenvalue weighted by molar-refractivity contribution is -0.137. The number of methoxy groups -OCH3 is 1. The highest BCUT2D eigenvalue weighted by Gasteiger charge is 2.21. The molecule has 0 bridgehead atoms. The Kier molecular flexibility index (Phi) is 6.36. The summed E-state index contributed by atoms with van der Waals surface area (Å²) < 4.78 is 4.85. The number of nitrogens with zero attached hydrogens (tertiary/aromatic N) is 2. The quantitative estimate of drug-likeness (QED) is 0.809. The molecule has 0 unspecified atom stereocenters. The summed E-state index contributed by atoms with van der Waals surface area (Å²) in [5.74, 6) is 0.0243. The summed E-state index contributed by atoms with van der Waals surface area (Å²) in [7, 11) is 1.52. The average molecular weight is 305 g/mol. The molecule has 1 saturated heterocycles. The Labute approximate surface area is 131 Å². The van der Waals surface area contributed by atoms with E-state index in [4.69, 9.17) is 4.74 Å². The minimum atomic E-state index is 0.00989. The van der Waals surface area contributed by atoms with E-state index in [1.807, 2.05) is 30.3 Å². The molecule has 0 spiro atoms. The lowest BCUT2D eigenvalue weighted by Crippen LogP contribution is -2.51. The first-order valence-corrected chi connectivity index (χ1v) is 7.48. The summed E-state index contributed by atoms with van der Waals surface area (Å²) in [6.45, 7) is 3.77. The van der Waals surface area contributed by atoms with Gasteiger partial charge in [-0.1, -0.05) is 30.3 Å². The summed E-state index contributed by atoms with van der Waals surface area (Å²) in [5.41, 5.74) is 1.09. The fraction of sp³-hybridized carbons (Fsp3) is 0.500. The van der Waals surface area contributed by atoms with Crippen LogP contribution < -0.4 is 5.32 Å². The van der Waals surface area contributed by atoms with E-state index < -0.39 is 0 Å². The molecule has 1 aromatic rings. The molecule has 120 valence electrons. The first-order chi connectivity index (χ1) is 10.7. The standard InChI is InChI=1S/C16H23N3O3/c1-22-13-16(21)19-9-7-18(8-10-19)12-15(20)17-11-14-5-3-2-4-6-14/h2-6H,7-13H2,1H3,(H,17,20). The number of ether oxygens (including phenoxy) is 1. The fourth-order valence-corrected chi connectivity index (χ4v) is 2.43. The first-order valence-electron chi connectivity index (χ1n) is 7.48. The second-order valence-electron chi connectivity index (χ2n) is 5.35. The van der Waals surface area contributed by atoms with Gasteiger partial charge in [-0.2, -0.15) is 0 Å². The fourth-order valence-electron chi connectivity index (χ4n) is 2.43. The van der Waals surface area contributed by atoms with Crippen LogP contribution in [0.15, 0.2) is 30.3 Å². The van der Waals surface area contributed by atoms with Crippen molar-refractivity contribution in [3.05, 3.63) is 35.9 Å². The number of nitrogens with one attached hydrogen (secondary N) is 1. The monoisotopic (exact) mass is 305 g/mol. The molecule has 1 fully saturated rings. The maximum Gasteiger partial charge on any atom is 0.248 e. The van der Waals surface area contributed by atoms with Crippen LogP contribution in [-0.4, -0.2) is 68.1 Å². The van der Waals surface area contributed by atoms with Crippen LogP contribution in [0.2, 0.25) is 0 Å². The van der Waals surface area contributed by atoms with Crippen molar-refractivity contribution < 1.29 is 14.3 Å². The largest absolute Gasteiger partial charge is 0.375 e. The number of piperazine rings is 1. The van der Waals surface area contributed by atoms with E-state index in [0.29, 0.717) is 39.3 Å². The molecule has 0 atom stereocenters. The normalized spacial score (nSPS) is 15.6. The van der Waals surface area contributed by atoms with Gasteiger partial charge in [-0.15, -0.1) is 0 Å². The van der Waals surface area contributed by atoms with Crippen LogP contribution in [0, 0.1) is 0 Å². The number of hydrogen-bond donors (Lipinski definition) is 1. The van der Waals surface area contributed by atoms with E-state index in [1.54, 1.807) is 4.90 Å². The molecule has 1 aromatic carbocycles. The molecule has 6 heteroatoms. The number of carbonyl (C=O) groups excluding carboxylic acids is 2. The molecule has 2 amide bonds. The lowest BCUT2D eigenvalue weighted by Gasteiger charge is -2.34. The molecule has 1 N–H and O–H groups in total. The molecule has 2 rings (SSSR count). The SMILES string of the molecule is COCC(=O)N1CCN(CC(=O)NCc2ccccc2)CC1. The molecule has 0 saturated carbocycles. The Morgan fingerprint density at radius 1 is 1.14 bits per heavy atom. The predicted molar refractivity (Wildman–Crippen MR) is 83.2 cm³/mol. The smallest absolute Gasteiger partial charge is 0.248 e. The van der Waals surface area contributed by atoms with Crippen molar-refractivity contribution >= 4 is 11.8 Å².